The van der Waals surface area contributed by atoms with Gasteiger partial charge in [-0.1, -0.05) is 12.1 Å². The standard InChI is InChI=1S/C21H20N2O5S/c1-4-23-19(24)17(12-14-6-5-7-16(27-2)18(14)28-3)29-21(23)22-15-10-8-13(9-11-15)20(25)26/h5-12H,4H2,1-3H3,(H,25,26)/b17-12+,22-21?. The first-order valence-electron chi connectivity index (χ1n) is 8.83. The number of benzene rings is 2. The van der Waals surface area contributed by atoms with Crippen LogP contribution >= 0.6 is 11.8 Å². The van der Waals surface area contributed by atoms with Crippen LogP contribution in [0.15, 0.2) is 52.4 Å². The number of amidine groups is 1. The van der Waals surface area contributed by atoms with E-state index in [0.29, 0.717) is 33.8 Å². The van der Waals surface area contributed by atoms with Gasteiger partial charge in [0.1, 0.15) is 0 Å². The Balaban J connectivity index is 1.95. The number of amides is 1. The van der Waals surface area contributed by atoms with Crippen molar-refractivity contribution in [2.75, 3.05) is 20.8 Å². The van der Waals surface area contributed by atoms with E-state index in [1.807, 2.05) is 19.1 Å². The van der Waals surface area contributed by atoms with E-state index in [1.165, 1.54) is 23.9 Å². The lowest BCUT2D eigenvalue weighted by Gasteiger charge is -2.12. The number of hydrogen-bond acceptors (Lipinski definition) is 6. The van der Waals surface area contributed by atoms with Gasteiger partial charge >= 0.3 is 5.97 Å². The maximum atomic E-state index is 12.8. The van der Waals surface area contributed by atoms with Crippen LogP contribution in [0.5, 0.6) is 11.5 Å². The van der Waals surface area contributed by atoms with Crippen molar-refractivity contribution in [3.05, 3.63) is 58.5 Å². The second-order valence-corrected chi connectivity index (χ2v) is 7.00. The third-order valence-electron chi connectivity index (χ3n) is 4.26. The Morgan fingerprint density at radius 2 is 1.90 bits per heavy atom. The van der Waals surface area contributed by atoms with Crippen LogP contribution in [0.1, 0.15) is 22.8 Å². The Morgan fingerprint density at radius 3 is 2.48 bits per heavy atom. The van der Waals surface area contributed by atoms with Crippen LogP contribution in [0.4, 0.5) is 5.69 Å². The van der Waals surface area contributed by atoms with Gasteiger partial charge in [0, 0.05) is 12.1 Å². The van der Waals surface area contributed by atoms with Gasteiger partial charge in [-0.25, -0.2) is 9.79 Å². The molecular weight excluding hydrogens is 392 g/mol. The smallest absolute Gasteiger partial charge is 0.335 e. The average molecular weight is 412 g/mol. The van der Waals surface area contributed by atoms with Gasteiger partial charge in [-0.3, -0.25) is 9.69 Å². The molecule has 1 saturated heterocycles. The Kier molecular flexibility index (Phi) is 6.23. The number of nitrogens with zero attached hydrogens (tertiary/aromatic N) is 2. The molecule has 0 aliphatic carbocycles. The molecule has 2 aromatic carbocycles. The fraction of sp³-hybridized carbons (Fsp3) is 0.190. The number of thioether (sulfide) groups is 1. The van der Waals surface area contributed by atoms with E-state index in [0.717, 1.165) is 5.56 Å². The second kappa shape index (κ2) is 8.83. The molecular formula is C21H20N2O5S. The third kappa shape index (κ3) is 4.27. The van der Waals surface area contributed by atoms with Gasteiger partial charge in [-0.05, 0) is 55.1 Å². The molecule has 1 heterocycles. The minimum atomic E-state index is -0.998. The first-order chi connectivity index (χ1) is 14.0. The van der Waals surface area contributed by atoms with Crippen molar-refractivity contribution in [3.63, 3.8) is 0 Å². The number of ether oxygens (including phenoxy) is 2. The molecule has 29 heavy (non-hydrogen) atoms. The Bertz CT molecular complexity index is 999. The number of aromatic carboxylic acids is 1. The van der Waals surface area contributed by atoms with Gasteiger partial charge in [0.15, 0.2) is 16.7 Å². The first-order valence-corrected chi connectivity index (χ1v) is 9.64. The van der Waals surface area contributed by atoms with E-state index in [2.05, 4.69) is 4.99 Å². The summed E-state index contributed by atoms with van der Waals surface area (Å²) in [6.07, 6.45) is 1.76. The highest BCUT2D eigenvalue weighted by Gasteiger charge is 2.32. The fourth-order valence-corrected chi connectivity index (χ4v) is 3.88. The highest BCUT2D eigenvalue weighted by atomic mass is 32.2. The number of methoxy groups -OCH3 is 2. The number of carboxylic acid groups (broad SMARTS) is 1. The zero-order valence-corrected chi connectivity index (χ0v) is 17.0. The monoisotopic (exact) mass is 412 g/mol. The summed E-state index contributed by atoms with van der Waals surface area (Å²) in [4.78, 5) is 30.5. The maximum absolute atomic E-state index is 12.8. The number of carbonyl (C=O) groups excluding carboxylic acids is 1. The van der Waals surface area contributed by atoms with E-state index in [1.54, 1.807) is 43.4 Å². The van der Waals surface area contributed by atoms with Crippen molar-refractivity contribution < 1.29 is 24.2 Å². The Morgan fingerprint density at radius 1 is 1.17 bits per heavy atom. The summed E-state index contributed by atoms with van der Waals surface area (Å²) in [6.45, 7) is 2.33. The Labute approximate surface area is 172 Å². The molecule has 1 N–H and O–H groups in total. The van der Waals surface area contributed by atoms with E-state index in [-0.39, 0.29) is 11.5 Å². The highest BCUT2D eigenvalue weighted by Crippen LogP contribution is 2.38. The number of carbonyl (C=O) groups is 2. The summed E-state index contributed by atoms with van der Waals surface area (Å²) in [5, 5.41) is 9.55. The normalized spacial score (nSPS) is 16.5. The SMILES string of the molecule is CCN1C(=O)/C(=C\c2cccc(OC)c2OC)SC1=Nc1ccc(C(=O)O)cc1. The lowest BCUT2D eigenvalue weighted by molar-refractivity contribution is -0.122. The highest BCUT2D eigenvalue weighted by molar-refractivity contribution is 8.18. The number of carboxylic acids is 1. The van der Waals surface area contributed by atoms with E-state index in [4.69, 9.17) is 14.6 Å². The zero-order valence-electron chi connectivity index (χ0n) is 16.2. The van der Waals surface area contributed by atoms with Crippen molar-refractivity contribution >= 4 is 40.6 Å². The van der Waals surface area contributed by atoms with Crippen molar-refractivity contribution in [3.8, 4) is 11.5 Å². The van der Waals surface area contributed by atoms with Crippen LogP contribution < -0.4 is 9.47 Å². The van der Waals surface area contributed by atoms with Crippen LogP contribution in [0, 0.1) is 0 Å². The molecule has 0 radical (unpaired) electrons. The van der Waals surface area contributed by atoms with Gasteiger partial charge in [0.05, 0.1) is 30.4 Å². The molecule has 0 saturated carbocycles. The minimum Gasteiger partial charge on any atom is -0.493 e. The molecule has 2 aromatic rings. The predicted molar refractivity (Wildman–Crippen MR) is 113 cm³/mol. The summed E-state index contributed by atoms with van der Waals surface area (Å²) >= 11 is 1.26. The van der Waals surface area contributed by atoms with Crippen LogP contribution in [0.2, 0.25) is 0 Å². The van der Waals surface area contributed by atoms with Crippen molar-refractivity contribution in [1.29, 1.82) is 0 Å². The lowest BCUT2D eigenvalue weighted by Crippen LogP contribution is -2.28. The van der Waals surface area contributed by atoms with Gasteiger partial charge in [-0.15, -0.1) is 0 Å². The number of rotatable bonds is 6. The number of hydrogen-bond donors (Lipinski definition) is 1. The number of likely N-dealkylation sites (N-methyl/N-ethyl adjacent to an activating group) is 1. The number of aliphatic imine (C=N–C) groups is 1. The molecule has 0 bridgehead atoms. The third-order valence-corrected chi connectivity index (χ3v) is 5.27. The predicted octanol–water partition coefficient (Wildman–Crippen LogP) is 4.03. The van der Waals surface area contributed by atoms with Crippen LogP contribution in [0.3, 0.4) is 0 Å². The summed E-state index contributed by atoms with van der Waals surface area (Å²) < 4.78 is 10.8. The summed E-state index contributed by atoms with van der Waals surface area (Å²) in [5.41, 5.74) is 1.48. The van der Waals surface area contributed by atoms with E-state index < -0.39 is 5.97 Å². The fourth-order valence-electron chi connectivity index (χ4n) is 2.83. The molecule has 0 aromatic heterocycles. The molecule has 150 valence electrons. The zero-order chi connectivity index (χ0) is 21.0. The van der Waals surface area contributed by atoms with Crippen LogP contribution in [0.25, 0.3) is 6.08 Å². The summed E-state index contributed by atoms with van der Waals surface area (Å²) in [5.74, 6) is -0.0174. The topological polar surface area (TPSA) is 88.4 Å². The molecule has 0 atom stereocenters. The molecule has 1 fully saturated rings. The van der Waals surface area contributed by atoms with Crippen molar-refractivity contribution in [1.82, 2.24) is 4.90 Å². The molecule has 0 spiro atoms. The second-order valence-electron chi connectivity index (χ2n) is 5.99. The van der Waals surface area contributed by atoms with Crippen LogP contribution in [-0.4, -0.2) is 47.8 Å². The summed E-state index contributed by atoms with van der Waals surface area (Å²) in [7, 11) is 3.11. The number of para-hydroxylation sites is 1. The molecule has 0 unspecified atom stereocenters. The minimum absolute atomic E-state index is 0.150. The largest absolute Gasteiger partial charge is 0.493 e. The molecule has 1 amide bonds. The lowest BCUT2D eigenvalue weighted by atomic mass is 10.1. The maximum Gasteiger partial charge on any atom is 0.335 e. The quantitative estimate of drug-likeness (QED) is 0.721. The van der Waals surface area contributed by atoms with E-state index in [9.17, 15) is 9.59 Å². The van der Waals surface area contributed by atoms with Gasteiger partial charge in [0.2, 0.25) is 0 Å². The van der Waals surface area contributed by atoms with Gasteiger partial charge in [0.25, 0.3) is 5.91 Å². The van der Waals surface area contributed by atoms with Gasteiger partial charge in [-0.2, -0.15) is 0 Å². The van der Waals surface area contributed by atoms with Crippen LogP contribution in [-0.2, 0) is 4.79 Å². The summed E-state index contributed by atoms with van der Waals surface area (Å²) in [6, 6.07) is 11.7. The molecule has 7 nitrogen and oxygen atoms in total. The van der Waals surface area contributed by atoms with E-state index >= 15 is 0 Å². The van der Waals surface area contributed by atoms with Crippen molar-refractivity contribution in [2.45, 2.75) is 6.92 Å². The average Bonchev–Trinajstić information content (AvgIpc) is 3.02. The molecule has 3 rings (SSSR count). The molecule has 1 aliphatic heterocycles. The van der Waals surface area contributed by atoms with Crippen molar-refractivity contribution in [2.24, 2.45) is 4.99 Å². The molecule has 1 aliphatic rings. The first kappa shape index (κ1) is 20.5. The van der Waals surface area contributed by atoms with Gasteiger partial charge < -0.3 is 14.6 Å². The Hall–Kier alpha value is -3.26. The molecule has 8 heteroatoms.